The van der Waals surface area contributed by atoms with Crippen LogP contribution in [0.1, 0.15) is 155 Å². The van der Waals surface area contributed by atoms with E-state index in [2.05, 4.69) is 218 Å². The SMILES string of the molecule is Cc1ccccc1N1c2cc3c(cc2B2c4cc5c(cc4N(c4ccccc4C)c4cc(C67CC8CC(CC(C8)C6)C7)cc1c42)N(c1c(C)cccc1C)c1cc(C24CC6CC(CC(C6)C2)C4)cc2c1B5c1ccccc1O2)B1c2ccccc2Oc2cc(C45CC6CC(CC(C6)C4)C5)cc(c21)O3. The third-order valence-corrected chi connectivity index (χ3v) is 30.7. The van der Waals surface area contributed by atoms with Crippen LogP contribution in [0.3, 0.4) is 0 Å². The lowest BCUT2D eigenvalue weighted by Crippen LogP contribution is -2.66. The maximum absolute atomic E-state index is 7.87. The molecular formula is C94H86B3N3O3. The summed E-state index contributed by atoms with van der Waals surface area (Å²) in [5.74, 6) is 13.2. The van der Waals surface area contributed by atoms with Gasteiger partial charge in [0.15, 0.2) is 0 Å². The van der Waals surface area contributed by atoms with Crippen molar-refractivity contribution in [3.05, 3.63) is 215 Å². The maximum atomic E-state index is 7.87. The molecule has 103 heavy (non-hydrogen) atoms. The summed E-state index contributed by atoms with van der Waals surface area (Å²) in [7, 11) is 0. The zero-order valence-electron chi connectivity index (χ0n) is 60.0. The Kier molecular flexibility index (Phi) is 11.6. The first-order valence-electron chi connectivity index (χ1n) is 40.1. The van der Waals surface area contributed by atoms with Gasteiger partial charge in [-0.25, -0.2) is 0 Å². The van der Waals surface area contributed by atoms with Crippen molar-refractivity contribution in [3.8, 4) is 34.5 Å². The van der Waals surface area contributed by atoms with E-state index in [0.717, 1.165) is 87.8 Å². The van der Waals surface area contributed by atoms with Crippen LogP contribution in [0.15, 0.2) is 176 Å². The minimum Gasteiger partial charge on any atom is -0.458 e. The second-order valence-corrected chi connectivity index (χ2v) is 36.7. The molecule has 12 saturated carbocycles. The van der Waals surface area contributed by atoms with Gasteiger partial charge < -0.3 is 28.9 Å². The largest absolute Gasteiger partial charge is 0.458 e. The Balaban J connectivity index is 0.784. The minimum absolute atomic E-state index is 0.0899. The number of anilines is 9. The van der Waals surface area contributed by atoms with Crippen molar-refractivity contribution in [3.63, 3.8) is 0 Å². The van der Waals surface area contributed by atoms with Gasteiger partial charge in [0.05, 0.1) is 5.69 Å². The Hall–Kier alpha value is -8.81. The third-order valence-electron chi connectivity index (χ3n) is 30.7. The predicted molar refractivity (Wildman–Crippen MR) is 423 cm³/mol. The molecule has 12 bridgehead atoms. The molecule has 12 aliphatic carbocycles. The van der Waals surface area contributed by atoms with Crippen molar-refractivity contribution in [2.24, 2.45) is 53.3 Å². The Bertz CT molecular complexity index is 5350. The Morgan fingerprint density at radius 3 is 1.07 bits per heavy atom. The molecule has 18 aliphatic rings. The van der Waals surface area contributed by atoms with Crippen molar-refractivity contribution >= 4 is 120 Å². The molecule has 10 aromatic carbocycles. The normalized spacial score (nSPS) is 29.6. The van der Waals surface area contributed by atoms with Crippen LogP contribution in [0.5, 0.6) is 34.5 Å². The molecule has 0 spiro atoms. The lowest BCUT2D eigenvalue weighted by atomic mass is 9.29. The molecule has 9 heteroatoms. The molecule has 0 atom stereocenters. The van der Waals surface area contributed by atoms with E-state index < -0.39 is 0 Å². The fourth-order valence-electron chi connectivity index (χ4n) is 28.0. The summed E-state index contributed by atoms with van der Waals surface area (Å²) >= 11 is 0. The van der Waals surface area contributed by atoms with Crippen molar-refractivity contribution in [1.29, 1.82) is 0 Å². The molecule has 0 amide bonds. The molecule has 0 aromatic heterocycles. The highest BCUT2D eigenvalue weighted by Crippen LogP contribution is 2.66. The van der Waals surface area contributed by atoms with Gasteiger partial charge in [-0.1, -0.05) is 103 Å². The minimum atomic E-state index is -0.172. The van der Waals surface area contributed by atoms with Gasteiger partial charge in [-0.3, -0.25) is 0 Å². The maximum Gasteiger partial charge on any atom is 0.260 e. The smallest absolute Gasteiger partial charge is 0.260 e. The van der Waals surface area contributed by atoms with Gasteiger partial charge in [-0.2, -0.15) is 0 Å². The topological polar surface area (TPSA) is 37.4 Å². The molecule has 6 nitrogen and oxygen atoms in total. The van der Waals surface area contributed by atoms with Crippen LogP contribution < -0.4 is 78.1 Å². The molecular weight excluding hydrogens is 1250 g/mol. The predicted octanol–water partition coefficient (Wildman–Crippen LogP) is 17.5. The number of ether oxygens (including phenoxy) is 3. The number of rotatable bonds is 6. The van der Waals surface area contributed by atoms with Crippen LogP contribution in [0.25, 0.3) is 0 Å². The second-order valence-electron chi connectivity index (χ2n) is 36.7. The van der Waals surface area contributed by atoms with Crippen molar-refractivity contribution in [2.75, 3.05) is 14.7 Å². The summed E-state index contributed by atoms with van der Waals surface area (Å²) in [6, 6.07) is 70.4. The van der Waals surface area contributed by atoms with Crippen molar-refractivity contribution < 1.29 is 14.2 Å². The third kappa shape index (κ3) is 7.95. The molecule has 0 unspecified atom stereocenters. The molecule has 28 rings (SSSR count). The average Bonchev–Trinajstić information content (AvgIpc) is 0.676. The number of benzene rings is 10. The van der Waals surface area contributed by atoms with Crippen LogP contribution in [0.2, 0.25) is 0 Å². The molecule has 0 radical (unpaired) electrons. The molecule has 12 fully saturated rings. The summed E-state index contributed by atoms with van der Waals surface area (Å²) in [4.78, 5) is 8.33. The van der Waals surface area contributed by atoms with E-state index >= 15 is 0 Å². The summed E-state index contributed by atoms with van der Waals surface area (Å²) in [5.41, 5.74) is 33.0. The van der Waals surface area contributed by atoms with Gasteiger partial charge in [0, 0.05) is 57.0 Å². The van der Waals surface area contributed by atoms with E-state index in [-0.39, 0.29) is 36.4 Å². The van der Waals surface area contributed by atoms with Gasteiger partial charge in [0.25, 0.3) is 20.1 Å². The average molecular weight is 1340 g/mol. The monoisotopic (exact) mass is 1340 g/mol. The van der Waals surface area contributed by atoms with E-state index in [1.54, 1.807) is 5.56 Å². The molecule has 504 valence electrons. The summed E-state index contributed by atoms with van der Waals surface area (Å²) in [6.07, 6.45) is 24.2. The van der Waals surface area contributed by atoms with E-state index in [1.165, 1.54) is 249 Å². The zero-order chi connectivity index (χ0) is 67.4. The van der Waals surface area contributed by atoms with Gasteiger partial charge in [0.2, 0.25) is 0 Å². The molecule has 6 heterocycles. The van der Waals surface area contributed by atoms with Crippen LogP contribution in [0, 0.1) is 81.0 Å². The fraction of sp³-hybridized carbons (Fsp3) is 0.362. The Morgan fingerprint density at radius 2 is 0.602 bits per heavy atom. The highest BCUT2D eigenvalue weighted by Gasteiger charge is 2.58. The number of fused-ring (bicyclic) bond motifs is 12. The first-order chi connectivity index (χ1) is 50.4. The van der Waals surface area contributed by atoms with E-state index in [9.17, 15) is 0 Å². The van der Waals surface area contributed by atoms with Crippen LogP contribution in [0.4, 0.5) is 51.2 Å². The highest BCUT2D eigenvalue weighted by atomic mass is 16.5. The number of para-hydroxylation sites is 5. The fourth-order valence-corrected chi connectivity index (χ4v) is 28.0. The Labute approximate surface area is 607 Å². The molecule has 6 aliphatic heterocycles. The zero-order valence-corrected chi connectivity index (χ0v) is 60.0. The lowest BCUT2D eigenvalue weighted by Gasteiger charge is -2.57. The standard InChI is InChI=1S/C94H86B3N3O3/c1-52-14-5-9-20-74(52)98-76-41-77-71(95-68-18-7-11-22-82(68)101-85-36-66(93-46-59-27-60(47-93)29-61(28-59)48-93)35-81(89(85)95)100(77)91-54(3)16-13-17-55(91)4)39-70(76)97-72-40-73-84(103-87-38-67(94-49-62-30-63(50-94)32-64(31-62)51-94)37-86-90(87)96(73)69-19-8-12-23-83(69)102-86)42-78(72)99(75-21-10-6-15-53(75)2)80-34-65(33-79(98)88(80)97)92-43-56-24-57(44-92)26-58(25-56)45-92/h5-23,33-42,56-64H,24-32,43-51H2,1-4H3. The van der Waals surface area contributed by atoms with Gasteiger partial charge in [-0.15, -0.1) is 0 Å². The second kappa shape index (κ2) is 20.4. The van der Waals surface area contributed by atoms with E-state index in [4.69, 9.17) is 14.2 Å². The van der Waals surface area contributed by atoms with Gasteiger partial charge >= 0.3 is 0 Å². The first kappa shape index (κ1) is 58.6. The first-order valence-corrected chi connectivity index (χ1v) is 40.1. The molecule has 10 aromatic rings. The quantitative estimate of drug-likeness (QED) is 0.155. The van der Waals surface area contributed by atoms with Crippen molar-refractivity contribution in [1.82, 2.24) is 0 Å². The van der Waals surface area contributed by atoms with E-state index in [1.807, 2.05) is 0 Å². The van der Waals surface area contributed by atoms with Crippen LogP contribution >= 0.6 is 0 Å². The lowest BCUT2D eigenvalue weighted by molar-refractivity contribution is -0.00539. The Morgan fingerprint density at radius 1 is 0.262 bits per heavy atom. The van der Waals surface area contributed by atoms with Gasteiger partial charge in [-0.05, 0) is 362 Å². The summed E-state index contributed by atoms with van der Waals surface area (Å²) in [5, 5.41) is 0. The summed E-state index contributed by atoms with van der Waals surface area (Å²) in [6.45, 7) is 9.08. The van der Waals surface area contributed by atoms with Crippen LogP contribution in [-0.4, -0.2) is 20.1 Å². The number of aryl methyl sites for hydroxylation is 4. The van der Waals surface area contributed by atoms with Crippen LogP contribution in [-0.2, 0) is 16.2 Å². The number of hydrogen-bond donors (Lipinski definition) is 0. The van der Waals surface area contributed by atoms with Crippen molar-refractivity contribution in [2.45, 2.75) is 160 Å². The molecule has 0 N–H and O–H groups in total. The number of nitrogens with zero attached hydrogens (tertiary/aromatic N) is 3. The summed E-state index contributed by atoms with van der Waals surface area (Å²) < 4.78 is 22.7. The number of hydrogen-bond acceptors (Lipinski definition) is 6. The molecule has 0 saturated heterocycles. The van der Waals surface area contributed by atoms with Gasteiger partial charge in [0.1, 0.15) is 34.5 Å². The highest BCUT2D eigenvalue weighted by molar-refractivity contribution is 7.04. The van der Waals surface area contributed by atoms with E-state index in [0.29, 0.717) is 0 Å².